The molecule has 1 aliphatic heterocycles. The van der Waals surface area contributed by atoms with Gasteiger partial charge in [0.15, 0.2) is 0 Å². The Kier molecular flexibility index (Phi) is 3.47. The van der Waals surface area contributed by atoms with Crippen LogP contribution in [0.3, 0.4) is 0 Å². The molecule has 0 amide bonds. The average Bonchev–Trinajstić information content (AvgIpc) is 2.67. The van der Waals surface area contributed by atoms with Crippen molar-refractivity contribution in [2.45, 2.75) is 25.3 Å². The third-order valence-electron chi connectivity index (χ3n) is 2.44. The number of aromatic nitrogens is 2. The summed E-state index contributed by atoms with van der Waals surface area (Å²) >= 11 is 0. The molecule has 1 aromatic heterocycles. The molecule has 1 atom stereocenters. The summed E-state index contributed by atoms with van der Waals surface area (Å²) in [4.78, 5) is 42.0. The molecule has 2 rings (SSSR count). The summed E-state index contributed by atoms with van der Waals surface area (Å²) in [5.41, 5.74) is 5.61. The van der Waals surface area contributed by atoms with Crippen LogP contribution in [0.5, 0.6) is 6.01 Å². The molecule has 0 aromatic carbocycles. The number of esters is 1. The topological polar surface area (TPSA) is 134 Å². The summed E-state index contributed by atoms with van der Waals surface area (Å²) in [6, 6.07) is -1.40. The number of carboxylic acid groups (broad SMARTS) is 1. The van der Waals surface area contributed by atoms with Crippen LogP contribution >= 0.6 is 0 Å². The van der Waals surface area contributed by atoms with E-state index in [2.05, 4.69) is 4.98 Å². The lowest BCUT2D eigenvalue weighted by molar-refractivity contribution is -0.152. The molecule has 1 aromatic rings. The normalized spacial score (nSPS) is 16.7. The van der Waals surface area contributed by atoms with Crippen molar-refractivity contribution < 1.29 is 29.1 Å². The van der Waals surface area contributed by atoms with Crippen molar-refractivity contribution >= 4 is 17.9 Å². The Balaban J connectivity index is 2.28. The van der Waals surface area contributed by atoms with Gasteiger partial charge in [0.1, 0.15) is 6.04 Å². The van der Waals surface area contributed by atoms with Gasteiger partial charge in [-0.25, -0.2) is 9.78 Å². The van der Waals surface area contributed by atoms with E-state index in [9.17, 15) is 14.4 Å². The lowest BCUT2D eigenvalue weighted by Crippen LogP contribution is -2.34. The van der Waals surface area contributed by atoms with Gasteiger partial charge in [0.25, 0.3) is 0 Å². The van der Waals surface area contributed by atoms with Gasteiger partial charge in [0.05, 0.1) is 24.7 Å². The van der Waals surface area contributed by atoms with E-state index in [0.29, 0.717) is 0 Å². The SMILES string of the molecule is NC(Cc1cnc2n1OC(=O)CCC(=O)O2)C(=O)O. The number of nitrogens with zero attached hydrogens (tertiary/aromatic N) is 2. The first-order valence-corrected chi connectivity index (χ1v) is 5.44. The number of imidazole rings is 1. The number of ether oxygens (including phenoxy) is 1. The van der Waals surface area contributed by atoms with E-state index in [-0.39, 0.29) is 31.0 Å². The largest absolute Gasteiger partial charge is 0.480 e. The van der Waals surface area contributed by atoms with Gasteiger partial charge in [-0.2, -0.15) is 0 Å². The molecule has 1 aliphatic rings. The summed E-state index contributed by atoms with van der Waals surface area (Å²) in [7, 11) is 0. The number of carbonyl (C=O) groups is 3. The molecule has 0 radical (unpaired) electrons. The van der Waals surface area contributed by atoms with Crippen LogP contribution in [0.1, 0.15) is 18.5 Å². The van der Waals surface area contributed by atoms with Crippen LogP contribution in [0.2, 0.25) is 0 Å². The number of carbonyl (C=O) groups excluding carboxylic acids is 2. The Bertz CT molecular complexity index is 537. The van der Waals surface area contributed by atoms with Crippen LogP contribution in [-0.2, 0) is 20.8 Å². The standard InChI is InChI=1S/C10H11N3O6/c11-6(9(16)17)3-5-4-12-10-13(5)19-8(15)2-1-7(14)18-10/h4,6H,1-3,11H2,(H,16,17). The second-order valence-corrected chi connectivity index (χ2v) is 3.91. The number of rotatable bonds is 3. The van der Waals surface area contributed by atoms with Crippen LogP contribution < -0.4 is 15.3 Å². The zero-order chi connectivity index (χ0) is 14.0. The van der Waals surface area contributed by atoms with Crippen molar-refractivity contribution in [3.63, 3.8) is 0 Å². The smallest absolute Gasteiger partial charge is 0.339 e. The van der Waals surface area contributed by atoms with Gasteiger partial charge in [-0.1, -0.05) is 0 Å². The van der Waals surface area contributed by atoms with Crippen LogP contribution in [0, 0.1) is 0 Å². The first kappa shape index (κ1) is 13.0. The van der Waals surface area contributed by atoms with Crippen molar-refractivity contribution in [2.75, 3.05) is 0 Å². The molecule has 0 saturated heterocycles. The maximum Gasteiger partial charge on any atom is 0.339 e. The Morgan fingerprint density at radius 3 is 2.84 bits per heavy atom. The minimum absolute atomic E-state index is 0.102. The fraction of sp³-hybridized carbons (Fsp3) is 0.400. The van der Waals surface area contributed by atoms with E-state index in [4.69, 9.17) is 20.4 Å². The first-order chi connectivity index (χ1) is 8.97. The third kappa shape index (κ3) is 2.88. The first-order valence-electron chi connectivity index (χ1n) is 5.44. The fourth-order valence-electron chi connectivity index (χ4n) is 1.48. The summed E-state index contributed by atoms with van der Waals surface area (Å²) in [5.74, 6) is -2.46. The highest BCUT2D eigenvalue weighted by molar-refractivity contribution is 5.79. The Morgan fingerprint density at radius 1 is 1.47 bits per heavy atom. The highest BCUT2D eigenvalue weighted by Crippen LogP contribution is 2.16. The van der Waals surface area contributed by atoms with E-state index in [0.717, 1.165) is 4.73 Å². The molecular weight excluding hydrogens is 258 g/mol. The Morgan fingerprint density at radius 2 is 2.16 bits per heavy atom. The van der Waals surface area contributed by atoms with E-state index in [1.165, 1.54) is 6.20 Å². The zero-order valence-corrected chi connectivity index (χ0v) is 9.74. The number of aliphatic carboxylic acids is 1. The molecule has 0 spiro atoms. The monoisotopic (exact) mass is 269 g/mol. The molecule has 9 heteroatoms. The fourth-order valence-corrected chi connectivity index (χ4v) is 1.48. The molecule has 1 unspecified atom stereocenters. The van der Waals surface area contributed by atoms with Crippen molar-refractivity contribution in [2.24, 2.45) is 5.73 Å². The molecule has 19 heavy (non-hydrogen) atoms. The molecular formula is C10H11N3O6. The van der Waals surface area contributed by atoms with Crippen molar-refractivity contribution in [3.8, 4) is 6.01 Å². The second kappa shape index (κ2) is 5.06. The predicted octanol–water partition coefficient (Wildman–Crippen LogP) is -1.51. The lowest BCUT2D eigenvalue weighted by Gasteiger charge is -2.14. The van der Waals surface area contributed by atoms with E-state index in [1.807, 2.05) is 0 Å². The van der Waals surface area contributed by atoms with Crippen LogP contribution in [0.25, 0.3) is 0 Å². The second-order valence-electron chi connectivity index (χ2n) is 3.91. The van der Waals surface area contributed by atoms with Gasteiger partial charge in [0, 0.05) is 6.42 Å². The van der Waals surface area contributed by atoms with E-state index < -0.39 is 23.9 Å². The van der Waals surface area contributed by atoms with E-state index >= 15 is 0 Å². The Hall–Kier alpha value is -2.42. The average molecular weight is 269 g/mol. The molecule has 102 valence electrons. The van der Waals surface area contributed by atoms with Gasteiger partial charge in [-0.15, -0.1) is 4.73 Å². The predicted molar refractivity (Wildman–Crippen MR) is 58.0 cm³/mol. The highest BCUT2D eigenvalue weighted by Gasteiger charge is 2.25. The Labute approximate surface area is 106 Å². The van der Waals surface area contributed by atoms with Gasteiger partial charge in [0.2, 0.25) is 0 Å². The maximum absolute atomic E-state index is 11.4. The molecule has 0 bridgehead atoms. The highest BCUT2D eigenvalue weighted by atomic mass is 16.7. The van der Waals surface area contributed by atoms with Gasteiger partial charge in [-0.05, 0) is 0 Å². The van der Waals surface area contributed by atoms with Crippen LogP contribution in [-0.4, -0.2) is 38.8 Å². The lowest BCUT2D eigenvalue weighted by atomic mass is 10.2. The summed E-state index contributed by atoms with van der Waals surface area (Å²) in [5, 5.41) is 8.73. The zero-order valence-electron chi connectivity index (χ0n) is 9.74. The molecule has 0 fully saturated rings. The molecule has 2 heterocycles. The van der Waals surface area contributed by atoms with Gasteiger partial charge < -0.3 is 20.4 Å². The van der Waals surface area contributed by atoms with Crippen molar-refractivity contribution in [3.05, 3.63) is 11.9 Å². The number of hydrogen-bond acceptors (Lipinski definition) is 7. The maximum atomic E-state index is 11.4. The summed E-state index contributed by atoms with van der Waals surface area (Å²) in [6.07, 6.45) is 0.897. The number of fused-ring (bicyclic) bond motifs is 1. The molecule has 0 saturated carbocycles. The van der Waals surface area contributed by atoms with Crippen LogP contribution in [0.4, 0.5) is 0 Å². The summed E-state index contributed by atoms with van der Waals surface area (Å²) < 4.78 is 5.75. The van der Waals surface area contributed by atoms with Gasteiger partial charge >= 0.3 is 23.9 Å². The minimum atomic E-state index is -1.20. The number of nitrogens with two attached hydrogens (primary N) is 1. The minimum Gasteiger partial charge on any atom is -0.480 e. The molecule has 0 aliphatic carbocycles. The van der Waals surface area contributed by atoms with Crippen molar-refractivity contribution in [1.29, 1.82) is 0 Å². The quantitative estimate of drug-likeness (QED) is 0.632. The third-order valence-corrected chi connectivity index (χ3v) is 2.44. The van der Waals surface area contributed by atoms with Crippen LogP contribution in [0.15, 0.2) is 6.20 Å². The number of hydrogen-bond donors (Lipinski definition) is 2. The van der Waals surface area contributed by atoms with Gasteiger partial charge in [-0.3, -0.25) is 9.59 Å². The molecule has 3 N–H and O–H groups in total. The molecule has 9 nitrogen and oxygen atoms in total. The number of carboxylic acids is 1. The van der Waals surface area contributed by atoms with E-state index in [1.54, 1.807) is 0 Å². The summed E-state index contributed by atoms with van der Waals surface area (Å²) in [6.45, 7) is 0. The van der Waals surface area contributed by atoms with Crippen molar-refractivity contribution in [1.82, 2.24) is 9.71 Å².